The number of nitrogens with zero attached hydrogens (tertiary/aromatic N) is 2. The highest BCUT2D eigenvalue weighted by atomic mass is 16.3. The Kier molecular flexibility index (Phi) is 4.82. The normalized spacial score (nSPS) is 24.3. The number of furan rings is 1. The van der Waals surface area contributed by atoms with Crippen molar-refractivity contribution < 1.29 is 9.21 Å². The third kappa shape index (κ3) is 3.60. The second-order valence-corrected chi connectivity index (χ2v) is 9.17. The summed E-state index contributed by atoms with van der Waals surface area (Å²) in [7, 11) is 0. The molecule has 2 saturated carbocycles. The maximum absolute atomic E-state index is 13.3. The van der Waals surface area contributed by atoms with Gasteiger partial charge in [-0.1, -0.05) is 6.92 Å². The van der Waals surface area contributed by atoms with Crippen molar-refractivity contribution in [1.29, 1.82) is 0 Å². The summed E-state index contributed by atoms with van der Waals surface area (Å²) in [6.07, 6.45) is 11.1. The van der Waals surface area contributed by atoms with E-state index in [9.17, 15) is 4.79 Å². The molecule has 0 aliphatic heterocycles. The first-order chi connectivity index (χ1) is 14.5. The van der Waals surface area contributed by atoms with Crippen LogP contribution in [0.1, 0.15) is 77.9 Å². The zero-order valence-corrected chi connectivity index (χ0v) is 17.3. The largest absolute Gasteiger partial charge is 0.438 e. The molecule has 5 rings (SSSR count). The van der Waals surface area contributed by atoms with Crippen LogP contribution in [0.2, 0.25) is 0 Å². The van der Waals surface area contributed by atoms with E-state index in [1.807, 2.05) is 18.3 Å². The molecule has 3 atom stereocenters. The van der Waals surface area contributed by atoms with E-state index in [1.54, 1.807) is 12.4 Å². The van der Waals surface area contributed by atoms with E-state index in [-0.39, 0.29) is 24.1 Å². The Balaban J connectivity index is 1.44. The highest BCUT2D eigenvalue weighted by molar-refractivity contribution is 6.10. The summed E-state index contributed by atoms with van der Waals surface area (Å²) >= 11 is 0. The van der Waals surface area contributed by atoms with Crippen LogP contribution >= 0.6 is 0 Å². The predicted molar refractivity (Wildman–Crippen MR) is 116 cm³/mol. The van der Waals surface area contributed by atoms with Crippen molar-refractivity contribution in [2.75, 3.05) is 5.73 Å². The van der Waals surface area contributed by atoms with Gasteiger partial charge >= 0.3 is 0 Å². The zero-order chi connectivity index (χ0) is 20.8. The van der Waals surface area contributed by atoms with Crippen molar-refractivity contribution in [3.05, 3.63) is 53.0 Å². The van der Waals surface area contributed by atoms with Crippen molar-refractivity contribution in [3.8, 4) is 0 Å². The van der Waals surface area contributed by atoms with Crippen LogP contribution in [0.15, 0.2) is 35.1 Å². The first-order valence-electron chi connectivity index (χ1n) is 10.9. The summed E-state index contributed by atoms with van der Waals surface area (Å²) in [4.78, 5) is 22.1. The van der Waals surface area contributed by atoms with Gasteiger partial charge in [-0.05, 0) is 78.7 Å². The molecule has 3 heterocycles. The van der Waals surface area contributed by atoms with Gasteiger partial charge in [0, 0.05) is 31.1 Å². The third-order valence-electron chi connectivity index (χ3n) is 6.62. The number of ketones is 1. The smallest absolute Gasteiger partial charge is 0.204 e. The molecule has 30 heavy (non-hydrogen) atoms. The van der Waals surface area contributed by atoms with Gasteiger partial charge in [0.25, 0.3) is 0 Å². The summed E-state index contributed by atoms with van der Waals surface area (Å²) < 4.78 is 5.71. The van der Waals surface area contributed by atoms with Crippen molar-refractivity contribution in [2.45, 2.75) is 63.3 Å². The Morgan fingerprint density at radius 3 is 2.80 bits per heavy atom. The monoisotopic (exact) mass is 404 g/mol. The number of carbonyl (C=O) groups excluding carboxylic acids is 1. The van der Waals surface area contributed by atoms with Gasteiger partial charge in [-0.3, -0.25) is 14.8 Å². The number of hydrogen-bond donors (Lipinski definition) is 2. The van der Waals surface area contributed by atoms with Crippen LogP contribution in [0.5, 0.6) is 0 Å². The first-order valence-corrected chi connectivity index (χ1v) is 10.9. The van der Waals surface area contributed by atoms with Crippen LogP contribution in [0, 0.1) is 5.92 Å². The molecule has 0 saturated heterocycles. The summed E-state index contributed by atoms with van der Waals surface area (Å²) in [5.41, 5.74) is 17.2. The average molecular weight is 405 g/mol. The lowest BCUT2D eigenvalue weighted by Crippen LogP contribution is -2.31. The predicted octanol–water partition coefficient (Wildman–Crippen LogP) is 4.34. The number of nitrogen functional groups attached to an aromatic ring is 1. The molecule has 3 aromatic heterocycles. The van der Waals surface area contributed by atoms with Gasteiger partial charge in [0.2, 0.25) is 5.88 Å². The average Bonchev–Trinajstić information content (AvgIpc) is 3.49. The maximum atomic E-state index is 13.3. The van der Waals surface area contributed by atoms with Crippen molar-refractivity contribution >= 4 is 22.8 Å². The lowest BCUT2D eigenvalue weighted by molar-refractivity contribution is 0.0994. The standard InChI is InChI=1S/C24H28N4O2/c1-13-6-15(8-18(25)7-13)19-4-5-27-11-17(19)9-20(29)22-23-21(30-24(22)26)10-16(12-28-23)14-2-3-14/h4-5,10-15,18H,2-3,6-9,25-26H2,1H3/t13-,15?,18-/m0/s1. The van der Waals surface area contributed by atoms with Gasteiger partial charge in [-0.15, -0.1) is 0 Å². The van der Waals surface area contributed by atoms with Crippen LogP contribution in [0.3, 0.4) is 0 Å². The van der Waals surface area contributed by atoms with Gasteiger partial charge in [0.15, 0.2) is 11.4 Å². The number of nitrogens with two attached hydrogens (primary N) is 2. The number of Topliss-reactive ketones (excluding diaryl/α,β-unsaturated/α-hetero) is 1. The van der Waals surface area contributed by atoms with E-state index in [2.05, 4.69) is 16.9 Å². The number of aromatic nitrogens is 2. The fourth-order valence-electron chi connectivity index (χ4n) is 5.08. The topological polar surface area (TPSA) is 108 Å². The number of rotatable bonds is 5. The second-order valence-electron chi connectivity index (χ2n) is 9.17. The lowest BCUT2D eigenvalue weighted by Gasteiger charge is -2.32. The Morgan fingerprint density at radius 2 is 2.03 bits per heavy atom. The molecular formula is C24H28N4O2. The van der Waals surface area contributed by atoms with E-state index < -0.39 is 0 Å². The number of anilines is 1. The molecule has 6 heteroatoms. The summed E-state index contributed by atoms with van der Waals surface area (Å²) in [6.45, 7) is 2.25. The highest BCUT2D eigenvalue weighted by Gasteiger charge is 2.29. The van der Waals surface area contributed by atoms with Gasteiger partial charge < -0.3 is 15.9 Å². The Morgan fingerprint density at radius 1 is 1.20 bits per heavy atom. The molecule has 3 aromatic rings. The van der Waals surface area contributed by atoms with Crippen molar-refractivity contribution in [3.63, 3.8) is 0 Å². The number of carbonyl (C=O) groups is 1. The number of hydrogen-bond acceptors (Lipinski definition) is 6. The van der Waals surface area contributed by atoms with E-state index in [4.69, 9.17) is 15.9 Å². The Bertz CT molecular complexity index is 1090. The zero-order valence-electron chi connectivity index (χ0n) is 17.3. The summed E-state index contributed by atoms with van der Waals surface area (Å²) in [5.74, 6) is 1.56. The number of pyridine rings is 2. The van der Waals surface area contributed by atoms with E-state index >= 15 is 0 Å². The van der Waals surface area contributed by atoms with Crippen molar-refractivity contribution in [1.82, 2.24) is 9.97 Å². The summed E-state index contributed by atoms with van der Waals surface area (Å²) in [6, 6.07) is 4.22. The molecular weight excluding hydrogens is 376 g/mol. The quantitative estimate of drug-likeness (QED) is 0.613. The van der Waals surface area contributed by atoms with Crippen LogP contribution in [0.25, 0.3) is 11.1 Å². The van der Waals surface area contributed by atoms with E-state index in [0.29, 0.717) is 34.4 Å². The van der Waals surface area contributed by atoms with E-state index in [1.165, 1.54) is 18.4 Å². The van der Waals surface area contributed by atoms with Gasteiger partial charge in [0.05, 0.1) is 0 Å². The highest BCUT2D eigenvalue weighted by Crippen LogP contribution is 2.41. The molecule has 2 aliphatic rings. The van der Waals surface area contributed by atoms with Gasteiger partial charge in [0.1, 0.15) is 11.1 Å². The molecule has 6 nitrogen and oxygen atoms in total. The minimum atomic E-state index is -0.0830. The minimum absolute atomic E-state index is 0.0830. The fraction of sp³-hybridized carbons (Fsp3) is 0.458. The minimum Gasteiger partial charge on any atom is -0.438 e. The van der Waals surface area contributed by atoms with Crippen LogP contribution in [-0.2, 0) is 6.42 Å². The van der Waals surface area contributed by atoms with Gasteiger partial charge in [-0.25, -0.2) is 0 Å². The number of fused-ring (bicyclic) bond motifs is 1. The van der Waals surface area contributed by atoms with E-state index in [0.717, 1.165) is 30.4 Å². The molecule has 0 bridgehead atoms. The first kappa shape index (κ1) is 19.2. The molecule has 2 aliphatic carbocycles. The fourth-order valence-corrected chi connectivity index (χ4v) is 5.08. The molecule has 1 unspecified atom stereocenters. The van der Waals surface area contributed by atoms with Crippen molar-refractivity contribution in [2.24, 2.45) is 11.7 Å². The second kappa shape index (κ2) is 7.51. The maximum Gasteiger partial charge on any atom is 0.204 e. The summed E-state index contributed by atoms with van der Waals surface area (Å²) in [5, 5.41) is 0. The molecule has 0 aromatic carbocycles. The van der Waals surface area contributed by atoms with Crippen LogP contribution < -0.4 is 11.5 Å². The molecule has 0 radical (unpaired) electrons. The molecule has 2 fully saturated rings. The van der Waals surface area contributed by atoms with Gasteiger partial charge in [-0.2, -0.15) is 0 Å². The Hall–Kier alpha value is -2.73. The molecule has 156 valence electrons. The molecule has 0 spiro atoms. The SMILES string of the molecule is C[C@H]1CC(c2ccncc2CC(=O)c2c(N)oc3cc(C4CC4)cnc23)C[C@@H](N)C1. The van der Waals surface area contributed by atoms with Crippen LogP contribution in [-0.4, -0.2) is 21.8 Å². The Labute approximate surface area is 176 Å². The van der Waals surface area contributed by atoms with Crippen LogP contribution in [0.4, 0.5) is 5.88 Å². The molecule has 0 amide bonds. The molecule has 4 N–H and O–H groups in total. The lowest BCUT2D eigenvalue weighted by atomic mass is 9.75. The third-order valence-corrected chi connectivity index (χ3v) is 6.62.